The Morgan fingerprint density at radius 2 is 2.06 bits per heavy atom. The zero-order valence-electron chi connectivity index (χ0n) is 17.9. The van der Waals surface area contributed by atoms with Crippen LogP contribution in [-0.4, -0.2) is 52.0 Å². The second-order valence-electron chi connectivity index (χ2n) is 8.08. The smallest absolute Gasteiger partial charge is 0.477 e. The van der Waals surface area contributed by atoms with Gasteiger partial charge < -0.3 is 19.8 Å². The van der Waals surface area contributed by atoms with Gasteiger partial charge in [0.15, 0.2) is 0 Å². The van der Waals surface area contributed by atoms with Gasteiger partial charge in [-0.1, -0.05) is 12.1 Å². The Bertz CT molecular complexity index is 962. The van der Waals surface area contributed by atoms with Crippen LogP contribution in [0.15, 0.2) is 36.4 Å². The van der Waals surface area contributed by atoms with E-state index in [-0.39, 0.29) is 24.1 Å². The number of nitrogens with zero attached hydrogens (tertiary/aromatic N) is 1. The number of aliphatic hydroxyl groups is 1. The van der Waals surface area contributed by atoms with Gasteiger partial charge in [0.25, 0.3) is 0 Å². The molecule has 2 heterocycles. The lowest BCUT2D eigenvalue weighted by Crippen LogP contribution is -2.34. The number of carbonyl (C=O) groups excluding carboxylic acids is 1. The third-order valence-electron chi connectivity index (χ3n) is 5.58. The Kier molecular flexibility index (Phi) is 8.36. The van der Waals surface area contributed by atoms with Crippen molar-refractivity contribution in [3.63, 3.8) is 0 Å². The maximum atomic E-state index is 12.4. The summed E-state index contributed by atoms with van der Waals surface area (Å²) in [5, 5.41) is 19.4. The van der Waals surface area contributed by atoms with E-state index in [1.807, 2.05) is 4.90 Å². The molecule has 1 aromatic carbocycles. The zero-order chi connectivity index (χ0) is 24.0. The van der Waals surface area contributed by atoms with Crippen LogP contribution in [0.1, 0.15) is 52.2 Å². The monoisotopic (exact) mass is 485 g/mol. The number of hydrogen-bond acceptors (Lipinski definition) is 5. The highest BCUT2D eigenvalue weighted by Gasteiger charge is 2.32. The van der Waals surface area contributed by atoms with E-state index in [0.29, 0.717) is 49.1 Å². The lowest BCUT2D eigenvalue weighted by molar-refractivity contribution is -0.274. The van der Waals surface area contributed by atoms with Crippen LogP contribution in [0.2, 0.25) is 0 Å². The van der Waals surface area contributed by atoms with Gasteiger partial charge in [-0.3, -0.25) is 4.79 Å². The van der Waals surface area contributed by atoms with Crippen LogP contribution in [0.3, 0.4) is 0 Å². The number of carboxylic acid groups (broad SMARTS) is 1. The van der Waals surface area contributed by atoms with E-state index in [1.165, 1.54) is 29.5 Å². The average molecular weight is 486 g/mol. The van der Waals surface area contributed by atoms with Crippen molar-refractivity contribution in [3.8, 4) is 5.75 Å². The quantitative estimate of drug-likeness (QED) is 0.484. The molecule has 2 atom stereocenters. The molecule has 2 N–H and O–H groups in total. The van der Waals surface area contributed by atoms with Gasteiger partial charge in [0.2, 0.25) is 5.91 Å². The Hall–Kier alpha value is -2.59. The Labute approximate surface area is 193 Å². The van der Waals surface area contributed by atoms with Crippen molar-refractivity contribution in [2.75, 3.05) is 6.54 Å². The molecular weight excluding hydrogens is 459 g/mol. The van der Waals surface area contributed by atoms with Crippen LogP contribution in [0.4, 0.5) is 13.2 Å². The van der Waals surface area contributed by atoms with Crippen molar-refractivity contribution >= 4 is 23.2 Å². The minimum absolute atomic E-state index is 0.0185. The second kappa shape index (κ2) is 11.0. The molecular formula is C23H26F3NO5S. The third-order valence-corrected chi connectivity index (χ3v) is 6.72. The number of benzene rings is 1. The second-order valence-corrected chi connectivity index (χ2v) is 9.25. The molecule has 3 rings (SSSR count). The van der Waals surface area contributed by atoms with E-state index < -0.39 is 18.4 Å². The standard InChI is InChI=1S/C23H26F3NO5S/c24-23(25,26)32-18-4-1-3-15(14-18)13-17(28)8-6-16-7-11-21(29)27(16)12-2-5-19-9-10-20(33-19)22(30)31/h1,3-4,9-10,14,16-17,28H,2,5-8,11-13H2,(H,30,31)/t16-,17-/m0/s1. The topological polar surface area (TPSA) is 87.1 Å². The van der Waals surface area contributed by atoms with Crippen molar-refractivity contribution in [2.24, 2.45) is 0 Å². The number of carbonyl (C=O) groups is 2. The molecule has 0 saturated carbocycles. The van der Waals surface area contributed by atoms with Crippen molar-refractivity contribution in [1.29, 1.82) is 0 Å². The molecule has 180 valence electrons. The van der Waals surface area contributed by atoms with E-state index in [1.54, 1.807) is 18.2 Å². The lowest BCUT2D eigenvalue weighted by Gasteiger charge is -2.25. The highest BCUT2D eigenvalue weighted by atomic mass is 32.1. The molecule has 0 bridgehead atoms. The van der Waals surface area contributed by atoms with Crippen LogP contribution >= 0.6 is 11.3 Å². The highest BCUT2D eigenvalue weighted by molar-refractivity contribution is 7.13. The first-order valence-corrected chi connectivity index (χ1v) is 11.6. The maximum absolute atomic E-state index is 12.4. The largest absolute Gasteiger partial charge is 0.573 e. The SMILES string of the molecule is O=C(O)c1ccc(CCCN2C(=O)CC[C@@H]2CC[C@H](O)Cc2cccc(OC(F)(F)F)c2)s1. The number of aryl methyl sites for hydroxylation is 1. The fraction of sp³-hybridized carbons (Fsp3) is 0.478. The summed E-state index contributed by atoms with van der Waals surface area (Å²) < 4.78 is 41.1. The Morgan fingerprint density at radius 3 is 2.76 bits per heavy atom. The number of amides is 1. The van der Waals surface area contributed by atoms with Gasteiger partial charge >= 0.3 is 12.3 Å². The van der Waals surface area contributed by atoms with Crippen LogP contribution < -0.4 is 4.74 Å². The van der Waals surface area contributed by atoms with Crippen LogP contribution in [0.25, 0.3) is 0 Å². The summed E-state index contributed by atoms with van der Waals surface area (Å²) in [6, 6.07) is 8.96. The summed E-state index contributed by atoms with van der Waals surface area (Å²) in [4.78, 5) is 26.4. The molecule has 0 aliphatic carbocycles. The molecule has 10 heteroatoms. The maximum Gasteiger partial charge on any atom is 0.573 e. The highest BCUT2D eigenvalue weighted by Crippen LogP contribution is 2.27. The van der Waals surface area contributed by atoms with Crippen LogP contribution in [-0.2, 0) is 17.6 Å². The number of alkyl halides is 3. The van der Waals surface area contributed by atoms with Crippen LogP contribution in [0.5, 0.6) is 5.75 Å². The summed E-state index contributed by atoms with van der Waals surface area (Å²) in [7, 11) is 0. The molecule has 2 aromatic rings. The average Bonchev–Trinajstić information content (AvgIpc) is 3.33. The number of thiophene rings is 1. The molecule has 33 heavy (non-hydrogen) atoms. The van der Waals surface area contributed by atoms with Crippen molar-refractivity contribution < 1.29 is 37.7 Å². The number of carboxylic acids is 1. The number of rotatable bonds is 11. The zero-order valence-corrected chi connectivity index (χ0v) is 18.7. The molecule has 1 amide bonds. The first kappa shape index (κ1) is 25.0. The number of hydrogen-bond donors (Lipinski definition) is 2. The third kappa shape index (κ3) is 7.75. The van der Waals surface area contributed by atoms with E-state index in [2.05, 4.69) is 4.74 Å². The van der Waals surface area contributed by atoms with Gasteiger partial charge in [-0.2, -0.15) is 0 Å². The molecule has 1 saturated heterocycles. The predicted molar refractivity (Wildman–Crippen MR) is 116 cm³/mol. The van der Waals surface area contributed by atoms with Gasteiger partial charge in [0.1, 0.15) is 10.6 Å². The molecule has 1 aromatic heterocycles. The Balaban J connectivity index is 1.45. The summed E-state index contributed by atoms with van der Waals surface area (Å²) in [5.74, 6) is -1.19. The minimum Gasteiger partial charge on any atom is -0.477 e. The van der Waals surface area contributed by atoms with Gasteiger partial charge in [-0.15, -0.1) is 24.5 Å². The lowest BCUT2D eigenvalue weighted by atomic mass is 10.0. The number of likely N-dealkylation sites (tertiary alicyclic amines) is 1. The summed E-state index contributed by atoms with van der Waals surface area (Å²) >= 11 is 1.24. The van der Waals surface area contributed by atoms with Gasteiger partial charge in [0, 0.05) is 23.9 Å². The van der Waals surface area contributed by atoms with Gasteiger partial charge in [-0.25, -0.2) is 4.79 Å². The molecule has 6 nitrogen and oxygen atoms in total. The molecule has 1 aliphatic rings. The molecule has 1 fully saturated rings. The number of aliphatic hydroxyl groups excluding tert-OH is 1. The van der Waals surface area contributed by atoms with Crippen molar-refractivity contribution in [1.82, 2.24) is 4.90 Å². The summed E-state index contributed by atoms with van der Waals surface area (Å²) in [6.45, 7) is 0.566. The van der Waals surface area contributed by atoms with Crippen molar-refractivity contribution in [3.05, 3.63) is 51.7 Å². The number of ether oxygens (including phenoxy) is 1. The predicted octanol–water partition coefficient (Wildman–Crippen LogP) is 4.65. The summed E-state index contributed by atoms with van der Waals surface area (Å²) in [6.07, 6.45) is -1.71. The van der Waals surface area contributed by atoms with Gasteiger partial charge in [-0.05, 0) is 68.4 Å². The van der Waals surface area contributed by atoms with Gasteiger partial charge in [0.05, 0.1) is 6.10 Å². The number of halogens is 3. The van der Waals surface area contributed by atoms with E-state index in [9.17, 15) is 27.9 Å². The van der Waals surface area contributed by atoms with E-state index in [0.717, 1.165) is 11.3 Å². The fourth-order valence-corrected chi connectivity index (χ4v) is 4.97. The van der Waals surface area contributed by atoms with Crippen molar-refractivity contribution in [2.45, 2.75) is 63.5 Å². The van der Waals surface area contributed by atoms with E-state index in [4.69, 9.17) is 5.11 Å². The molecule has 0 radical (unpaired) electrons. The molecule has 0 unspecified atom stereocenters. The molecule has 0 spiro atoms. The van der Waals surface area contributed by atoms with E-state index >= 15 is 0 Å². The molecule has 1 aliphatic heterocycles. The Morgan fingerprint density at radius 1 is 1.27 bits per heavy atom. The first-order valence-electron chi connectivity index (χ1n) is 10.7. The normalized spacial score (nSPS) is 17.4. The summed E-state index contributed by atoms with van der Waals surface area (Å²) in [5.41, 5.74) is 0.542. The fourth-order valence-electron chi connectivity index (χ4n) is 4.08. The number of aromatic carboxylic acids is 1. The van der Waals surface area contributed by atoms with Crippen LogP contribution in [0, 0.1) is 0 Å². The first-order chi connectivity index (χ1) is 15.6. The minimum atomic E-state index is -4.77.